The molecular weight excluding hydrogens is 409 g/mol. The molecule has 3 unspecified atom stereocenters. The van der Waals surface area contributed by atoms with Gasteiger partial charge >= 0.3 is 13.9 Å². The zero-order valence-electron chi connectivity index (χ0n) is 16.5. The van der Waals surface area contributed by atoms with Crippen molar-refractivity contribution in [2.75, 3.05) is 0 Å². The van der Waals surface area contributed by atoms with Crippen molar-refractivity contribution in [2.45, 2.75) is 51.0 Å². The standard InChI is InChI=1S/C18H19B2N2O7P/c1-10-7-11(2)16-12(8-10)9-26-30(25,28-16)29-18(19,20)13-3-4-15(27-13)22-6-5-14(23)21-17(22)24/h5-8,13,15,25H,3-4,9H2,1-2H3/p+1. The number of aryl methyl sites for hydroxylation is 2. The molecule has 2 aromatic rings. The summed E-state index contributed by atoms with van der Waals surface area (Å²) in [6.45, 7) is 3.89. The number of H-pyrrole nitrogens is 1. The number of rotatable bonds is 4. The van der Waals surface area contributed by atoms with E-state index in [9.17, 15) is 14.5 Å². The maximum atomic E-state index is 12.0. The first-order valence-corrected chi connectivity index (χ1v) is 10.9. The van der Waals surface area contributed by atoms with Crippen molar-refractivity contribution in [1.82, 2.24) is 9.55 Å². The van der Waals surface area contributed by atoms with E-state index in [0.29, 0.717) is 18.6 Å². The minimum Gasteiger partial charge on any atom is -0.353 e. The van der Waals surface area contributed by atoms with E-state index < -0.39 is 37.2 Å². The largest absolute Gasteiger partial charge is 0.618 e. The molecule has 9 nitrogen and oxygen atoms in total. The topological polar surface area (TPSA) is 112 Å². The van der Waals surface area contributed by atoms with Gasteiger partial charge in [0.25, 0.3) is 5.56 Å². The first-order valence-electron chi connectivity index (χ1n) is 9.38. The van der Waals surface area contributed by atoms with E-state index in [1.807, 2.05) is 26.0 Å². The van der Waals surface area contributed by atoms with Crippen LogP contribution in [0.3, 0.4) is 0 Å². The molecule has 12 heteroatoms. The zero-order valence-corrected chi connectivity index (χ0v) is 17.4. The molecule has 4 rings (SSSR count). The molecule has 0 aliphatic carbocycles. The van der Waals surface area contributed by atoms with Crippen LogP contribution < -0.4 is 15.8 Å². The van der Waals surface area contributed by atoms with Gasteiger partial charge in [-0.15, -0.1) is 4.52 Å². The predicted molar refractivity (Wildman–Crippen MR) is 110 cm³/mol. The molecule has 3 atom stereocenters. The van der Waals surface area contributed by atoms with Crippen molar-refractivity contribution in [1.29, 1.82) is 0 Å². The van der Waals surface area contributed by atoms with Crippen LogP contribution in [-0.2, 0) is 20.4 Å². The van der Waals surface area contributed by atoms with Gasteiger partial charge < -0.3 is 4.74 Å². The van der Waals surface area contributed by atoms with Gasteiger partial charge in [0.2, 0.25) is 0 Å². The molecule has 1 aromatic carbocycles. The van der Waals surface area contributed by atoms with Crippen LogP contribution in [0.15, 0.2) is 34.0 Å². The van der Waals surface area contributed by atoms with Crippen molar-refractivity contribution in [3.05, 3.63) is 61.9 Å². The Kier molecular flexibility index (Phi) is 5.45. The number of nitrogens with one attached hydrogen (secondary N) is 1. The zero-order chi connectivity index (χ0) is 21.7. The summed E-state index contributed by atoms with van der Waals surface area (Å²) in [5, 5.41) is -1.95. The fourth-order valence-electron chi connectivity index (χ4n) is 3.69. The SMILES string of the molecule is [B]C([B])(O[P+]1(O)OCc2cc(C)cc(C)c2O1)C1CCC(n2ccc(=O)[nH]c2=O)O1. The molecule has 2 aliphatic heterocycles. The Hall–Kier alpha value is -1.90. The molecule has 154 valence electrons. The fourth-order valence-corrected chi connectivity index (χ4v) is 5.14. The van der Waals surface area contributed by atoms with E-state index in [1.165, 1.54) is 16.8 Å². The summed E-state index contributed by atoms with van der Waals surface area (Å²) in [6, 6.07) is 5.03. The van der Waals surface area contributed by atoms with Crippen molar-refractivity contribution < 1.29 is 23.2 Å². The second-order valence-electron chi connectivity index (χ2n) is 7.52. The van der Waals surface area contributed by atoms with E-state index >= 15 is 0 Å². The number of aromatic amines is 1. The van der Waals surface area contributed by atoms with Crippen LogP contribution in [0.25, 0.3) is 0 Å². The van der Waals surface area contributed by atoms with Gasteiger partial charge in [0.05, 0.1) is 11.5 Å². The Morgan fingerprint density at radius 1 is 1.30 bits per heavy atom. The van der Waals surface area contributed by atoms with Gasteiger partial charge in [-0.1, -0.05) is 11.6 Å². The van der Waals surface area contributed by atoms with E-state index in [2.05, 4.69) is 4.98 Å². The molecule has 0 bridgehead atoms. The molecule has 2 aliphatic rings. The lowest BCUT2D eigenvalue weighted by Gasteiger charge is -2.33. The number of aromatic nitrogens is 2. The maximum absolute atomic E-state index is 12.0. The van der Waals surface area contributed by atoms with Crippen molar-refractivity contribution >= 4 is 23.9 Å². The molecule has 0 saturated carbocycles. The number of fused-ring (bicyclic) bond motifs is 1. The molecule has 0 amide bonds. The van der Waals surface area contributed by atoms with Gasteiger partial charge in [-0.2, -0.15) is 9.42 Å². The monoisotopic (exact) mass is 429 g/mol. The lowest BCUT2D eigenvalue weighted by Crippen LogP contribution is -2.47. The normalized spacial score (nSPS) is 26.2. The van der Waals surface area contributed by atoms with Crippen molar-refractivity contribution in [3.63, 3.8) is 0 Å². The number of hydrogen-bond acceptors (Lipinski definition) is 7. The number of benzene rings is 1. The molecule has 1 saturated heterocycles. The molecule has 1 aromatic heterocycles. The summed E-state index contributed by atoms with van der Waals surface area (Å²) in [6.07, 6.45) is 0.521. The van der Waals surface area contributed by atoms with Crippen molar-refractivity contribution in [3.8, 4) is 5.75 Å². The quantitative estimate of drug-likeness (QED) is 0.554. The minimum absolute atomic E-state index is 0.0825. The van der Waals surface area contributed by atoms with Gasteiger partial charge in [0.15, 0.2) is 5.75 Å². The highest BCUT2D eigenvalue weighted by atomic mass is 31.2. The Morgan fingerprint density at radius 2 is 2.07 bits per heavy atom. The molecule has 4 radical (unpaired) electrons. The van der Waals surface area contributed by atoms with Crippen LogP contribution in [-0.4, -0.2) is 41.6 Å². The fraction of sp³-hybridized carbons (Fsp3) is 0.444. The maximum Gasteiger partial charge on any atom is 0.618 e. The third-order valence-corrected chi connectivity index (χ3v) is 6.44. The first-order chi connectivity index (χ1) is 14.1. The van der Waals surface area contributed by atoms with Crippen LogP contribution in [0.2, 0.25) is 0 Å². The Balaban J connectivity index is 1.49. The summed E-state index contributed by atoms with van der Waals surface area (Å²) in [7, 11) is 8.37. The summed E-state index contributed by atoms with van der Waals surface area (Å²) < 4.78 is 23.7. The predicted octanol–water partition coefficient (Wildman–Crippen LogP) is 1.12. The highest BCUT2D eigenvalue weighted by molar-refractivity contribution is 7.56. The van der Waals surface area contributed by atoms with Crippen LogP contribution in [0.5, 0.6) is 5.75 Å². The number of nitrogens with zero attached hydrogens (tertiary/aromatic N) is 1. The highest BCUT2D eigenvalue weighted by Crippen LogP contribution is 2.64. The van der Waals surface area contributed by atoms with Gasteiger partial charge in [-0.05, 0) is 38.3 Å². The summed E-state index contributed by atoms with van der Waals surface area (Å²) in [4.78, 5) is 36.2. The third kappa shape index (κ3) is 4.13. The van der Waals surface area contributed by atoms with E-state index in [4.69, 9.17) is 34.0 Å². The molecule has 3 heterocycles. The summed E-state index contributed by atoms with van der Waals surface area (Å²) in [5.41, 5.74) is 1.53. The Labute approximate surface area is 175 Å². The Morgan fingerprint density at radius 3 is 2.80 bits per heavy atom. The lowest BCUT2D eigenvalue weighted by molar-refractivity contribution is -0.0560. The number of hydrogen-bond donors (Lipinski definition) is 2. The van der Waals surface area contributed by atoms with Gasteiger partial charge in [0, 0.05) is 17.8 Å². The van der Waals surface area contributed by atoms with Crippen LogP contribution >= 0.6 is 8.17 Å². The van der Waals surface area contributed by atoms with E-state index in [0.717, 1.165) is 16.7 Å². The second-order valence-corrected chi connectivity index (χ2v) is 9.08. The average Bonchev–Trinajstić information content (AvgIpc) is 3.13. The molecule has 2 N–H and O–H groups in total. The molecular formula is C18H20B2N2O7P+. The van der Waals surface area contributed by atoms with E-state index in [1.54, 1.807) is 0 Å². The number of ether oxygens (including phenoxy) is 1. The van der Waals surface area contributed by atoms with E-state index in [-0.39, 0.29) is 6.61 Å². The average molecular weight is 429 g/mol. The summed E-state index contributed by atoms with van der Waals surface area (Å²) >= 11 is 0. The van der Waals surface area contributed by atoms with Crippen LogP contribution in [0.1, 0.15) is 35.8 Å². The van der Waals surface area contributed by atoms with Gasteiger partial charge in [-0.25, -0.2) is 4.79 Å². The summed E-state index contributed by atoms with van der Waals surface area (Å²) in [5.74, 6) is 0.475. The first kappa shape index (κ1) is 21.3. The molecule has 30 heavy (non-hydrogen) atoms. The second kappa shape index (κ2) is 7.66. The Bertz CT molecular complexity index is 1090. The molecule has 1 fully saturated rings. The van der Waals surface area contributed by atoms with Crippen LogP contribution in [0, 0.1) is 13.8 Å². The van der Waals surface area contributed by atoms with Gasteiger partial charge in [-0.3, -0.25) is 18.9 Å². The van der Waals surface area contributed by atoms with Crippen molar-refractivity contribution in [2.24, 2.45) is 0 Å². The van der Waals surface area contributed by atoms with Gasteiger partial charge in [0.1, 0.15) is 28.5 Å². The minimum atomic E-state index is -3.87. The lowest BCUT2D eigenvalue weighted by atomic mass is 9.61. The van der Waals surface area contributed by atoms with Crippen LogP contribution in [0.4, 0.5) is 0 Å². The smallest absolute Gasteiger partial charge is 0.353 e. The highest BCUT2D eigenvalue weighted by Gasteiger charge is 2.56. The third-order valence-electron chi connectivity index (χ3n) is 5.02. The molecule has 0 spiro atoms.